The predicted octanol–water partition coefficient (Wildman–Crippen LogP) is 4.38. The number of ether oxygens (including phenoxy) is 2. The molecule has 2 bridgehead atoms. The minimum Gasteiger partial charge on any atom is -0.466 e. The van der Waals surface area contributed by atoms with Gasteiger partial charge in [-0.1, -0.05) is 31.5 Å². The number of rotatable bonds is 10. The molecule has 1 aromatic carbocycles. The molecule has 0 aliphatic carbocycles. The van der Waals surface area contributed by atoms with Crippen molar-refractivity contribution in [3.8, 4) is 0 Å². The van der Waals surface area contributed by atoms with Crippen LogP contribution in [0.4, 0.5) is 10.5 Å². The summed E-state index contributed by atoms with van der Waals surface area (Å²) in [5.74, 6) is 0.276. The Morgan fingerprint density at radius 1 is 1.10 bits per heavy atom. The van der Waals surface area contributed by atoms with Crippen molar-refractivity contribution in [3.05, 3.63) is 30.3 Å². The standard InChI is InChI=1S/C24H37N2O4/c1-3-4-14-25(22-10-6-5-7-11-22)24(28)30-23-19-26(16-12-21(23)13-17-26)15-8-9-18-29-20(2)27/h5-7,10-11,21,23H,3-4,8-9,12-19H2,1-2H3/q+1/t21?,23-,26?/m0/s1. The predicted molar refractivity (Wildman–Crippen MR) is 117 cm³/mol. The summed E-state index contributed by atoms with van der Waals surface area (Å²) in [4.78, 5) is 25.8. The number of benzene rings is 1. The number of esters is 1. The fraction of sp³-hybridized carbons (Fsp3) is 0.667. The molecule has 6 nitrogen and oxygen atoms in total. The molecule has 1 amide bonds. The third-order valence-electron chi connectivity index (χ3n) is 6.65. The van der Waals surface area contributed by atoms with Crippen LogP contribution in [-0.2, 0) is 14.3 Å². The van der Waals surface area contributed by atoms with E-state index in [-0.39, 0.29) is 18.2 Å². The van der Waals surface area contributed by atoms with Crippen LogP contribution < -0.4 is 4.90 Å². The summed E-state index contributed by atoms with van der Waals surface area (Å²) in [6.45, 7) is 9.11. The van der Waals surface area contributed by atoms with E-state index in [1.54, 1.807) is 4.90 Å². The molecule has 1 atom stereocenters. The molecule has 4 rings (SSSR count). The number of fused-ring (bicyclic) bond motifs is 3. The first-order valence-corrected chi connectivity index (χ1v) is 11.5. The lowest BCUT2D eigenvalue weighted by atomic mass is 9.83. The topological polar surface area (TPSA) is 55.8 Å². The van der Waals surface area contributed by atoms with Crippen LogP contribution in [0.25, 0.3) is 0 Å². The van der Waals surface area contributed by atoms with Gasteiger partial charge in [0, 0.05) is 37.9 Å². The van der Waals surface area contributed by atoms with Crippen LogP contribution in [0.3, 0.4) is 0 Å². The first-order valence-electron chi connectivity index (χ1n) is 11.5. The molecule has 3 aliphatic rings. The highest BCUT2D eigenvalue weighted by Crippen LogP contribution is 2.36. The highest BCUT2D eigenvalue weighted by molar-refractivity contribution is 5.87. The smallest absolute Gasteiger partial charge is 0.414 e. The molecule has 0 saturated carbocycles. The molecule has 3 heterocycles. The molecular formula is C24H37N2O4+. The van der Waals surface area contributed by atoms with Gasteiger partial charge in [0.15, 0.2) is 6.10 Å². The number of para-hydroxylation sites is 1. The molecule has 0 aromatic heterocycles. The zero-order chi connectivity index (χ0) is 21.4. The highest BCUT2D eigenvalue weighted by atomic mass is 16.6. The van der Waals surface area contributed by atoms with Gasteiger partial charge >= 0.3 is 12.1 Å². The third-order valence-corrected chi connectivity index (χ3v) is 6.65. The van der Waals surface area contributed by atoms with Crippen LogP contribution in [-0.4, -0.2) is 62.0 Å². The summed E-state index contributed by atoms with van der Waals surface area (Å²) in [7, 11) is 0. The number of carbonyl (C=O) groups excluding carboxylic acids is 2. The van der Waals surface area contributed by atoms with Gasteiger partial charge in [-0.25, -0.2) is 4.79 Å². The molecule has 0 spiro atoms. The molecule has 6 heteroatoms. The molecule has 0 N–H and O–H groups in total. The van der Waals surface area contributed by atoms with Gasteiger partial charge in [-0.2, -0.15) is 0 Å². The Balaban J connectivity index is 1.57. The van der Waals surface area contributed by atoms with E-state index in [4.69, 9.17) is 9.47 Å². The van der Waals surface area contributed by atoms with Crippen LogP contribution >= 0.6 is 0 Å². The van der Waals surface area contributed by atoms with Gasteiger partial charge in [-0.15, -0.1) is 0 Å². The van der Waals surface area contributed by atoms with Crippen molar-refractivity contribution in [1.82, 2.24) is 0 Å². The largest absolute Gasteiger partial charge is 0.466 e. The van der Waals surface area contributed by atoms with Gasteiger partial charge in [0.25, 0.3) is 0 Å². The van der Waals surface area contributed by atoms with Crippen molar-refractivity contribution in [1.29, 1.82) is 0 Å². The lowest BCUT2D eigenvalue weighted by molar-refractivity contribution is -0.946. The summed E-state index contributed by atoms with van der Waals surface area (Å²) >= 11 is 0. The van der Waals surface area contributed by atoms with Crippen LogP contribution in [0.15, 0.2) is 30.3 Å². The Kier molecular flexibility index (Phi) is 8.14. The summed E-state index contributed by atoms with van der Waals surface area (Å²) in [6.07, 6.45) is 5.97. The van der Waals surface area contributed by atoms with E-state index in [1.165, 1.54) is 20.0 Å². The van der Waals surface area contributed by atoms with Crippen LogP contribution in [0, 0.1) is 5.92 Å². The molecule has 3 aliphatic heterocycles. The van der Waals surface area contributed by atoms with Crippen LogP contribution in [0.2, 0.25) is 0 Å². The minimum atomic E-state index is -0.209. The molecule has 3 fully saturated rings. The second-order valence-electron chi connectivity index (χ2n) is 8.84. The Bertz CT molecular complexity index is 686. The fourth-order valence-electron chi connectivity index (χ4n) is 4.88. The van der Waals surface area contributed by atoms with E-state index in [1.807, 2.05) is 30.3 Å². The van der Waals surface area contributed by atoms with Crippen molar-refractivity contribution in [3.63, 3.8) is 0 Å². The Hall–Kier alpha value is -2.08. The monoisotopic (exact) mass is 417 g/mol. The highest BCUT2D eigenvalue weighted by Gasteiger charge is 2.47. The van der Waals surface area contributed by atoms with Gasteiger partial charge in [0.2, 0.25) is 0 Å². The SMILES string of the molecule is CCCCN(C(=O)O[C@H]1C[N+]2(CCCCOC(C)=O)CCC1CC2)c1ccccc1. The normalized spacial score (nSPS) is 25.0. The van der Waals surface area contributed by atoms with Gasteiger partial charge in [0.05, 0.1) is 26.2 Å². The average molecular weight is 418 g/mol. The Labute approximate surface area is 180 Å². The molecule has 1 aromatic rings. The van der Waals surface area contributed by atoms with Gasteiger partial charge in [-0.05, 0) is 31.4 Å². The van der Waals surface area contributed by atoms with E-state index < -0.39 is 0 Å². The first kappa shape index (κ1) is 22.6. The van der Waals surface area contributed by atoms with Gasteiger partial charge < -0.3 is 14.0 Å². The van der Waals surface area contributed by atoms with Gasteiger partial charge in [0.1, 0.15) is 6.54 Å². The maximum atomic E-state index is 13.1. The molecule has 3 saturated heterocycles. The summed E-state index contributed by atoms with van der Waals surface area (Å²) in [5, 5.41) is 0. The summed E-state index contributed by atoms with van der Waals surface area (Å²) in [5.41, 5.74) is 0.909. The first-order chi connectivity index (χ1) is 14.5. The van der Waals surface area contributed by atoms with Crippen molar-refractivity contribution in [2.45, 2.75) is 58.5 Å². The maximum Gasteiger partial charge on any atom is 0.414 e. The number of hydrogen-bond acceptors (Lipinski definition) is 4. The summed E-state index contributed by atoms with van der Waals surface area (Å²) in [6, 6.07) is 9.85. The van der Waals surface area contributed by atoms with E-state index >= 15 is 0 Å². The number of piperidine rings is 3. The zero-order valence-electron chi connectivity index (χ0n) is 18.6. The minimum absolute atomic E-state index is 0.00121. The molecule has 0 radical (unpaired) electrons. The number of hydrogen-bond donors (Lipinski definition) is 0. The quantitative estimate of drug-likeness (QED) is 0.322. The molecule has 166 valence electrons. The van der Waals surface area contributed by atoms with Gasteiger partial charge in [-0.3, -0.25) is 9.69 Å². The fourth-order valence-corrected chi connectivity index (χ4v) is 4.88. The number of unbranched alkanes of at least 4 members (excludes halogenated alkanes) is 2. The Morgan fingerprint density at radius 3 is 2.50 bits per heavy atom. The van der Waals surface area contributed by atoms with E-state index in [2.05, 4.69) is 6.92 Å². The maximum absolute atomic E-state index is 13.1. The number of anilines is 1. The van der Waals surface area contributed by atoms with Crippen molar-refractivity contribution >= 4 is 17.7 Å². The third kappa shape index (κ3) is 5.97. The zero-order valence-corrected chi connectivity index (χ0v) is 18.6. The molecule has 0 unspecified atom stereocenters. The molecule has 30 heavy (non-hydrogen) atoms. The van der Waals surface area contributed by atoms with Crippen LogP contribution in [0.1, 0.15) is 52.4 Å². The van der Waals surface area contributed by atoms with E-state index in [0.29, 0.717) is 19.1 Å². The summed E-state index contributed by atoms with van der Waals surface area (Å²) < 4.78 is 12.2. The lowest BCUT2D eigenvalue weighted by Crippen LogP contribution is -2.65. The van der Waals surface area contributed by atoms with E-state index in [9.17, 15) is 9.59 Å². The average Bonchev–Trinajstić information content (AvgIpc) is 2.75. The number of carbonyl (C=O) groups is 2. The van der Waals surface area contributed by atoms with E-state index in [0.717, 1.165) is 61.8 Å². The number of quaternary nitrogens is 1. The van der Waals surface area contributed by atoms with Crippen molar-refractivity contribution in [2.75, 3.05) is 44.2 Å². The second-order valence-corrected chi connectivity index (χ2v) is 8.84. The van der Waals surface area contributed by atoms with Crippen molar-refractivity contribution in [2.24, 2.45) is 5.92 Å². The lowest BCUT2D eigenvalue weighted by Gasteiger charge is -2.52. The van der Waals surface area contributed by atoms with Crippen molar-refractivity contribution < 1.29 is 23.5 Å². The van der Waals surface area contributed by atoms with Crippen LogP contribution in [0.5, 0.6) is 0 Å². The Morgan fingerprint density at radius 2 is 1.83 bits per heavy atom. The second kappa shape index (κ2) is 10.8. The number of amides is 1. The number of nitrogens with zero attached hydrogens (tertiary/aromatic N) is 2. The molecular weight excluding hydrogens is 380 g/mol.